The van der Waals surface area contributed by atoms with Gasteiger partial charge in [0.15, 0.2) is 12.2 Å². The zero-order chi connectivity index (χ0) is 17.6. The van der Waals surface area contributed by atoms with Crippen molar-refractivity contribution in [2.75, 3.05) is 19.8 Å². The van der Waals surface area contributed by atoms with E-state index in [1.807, 2.05) is 20.8 Å². The molecule has 0 saturated heterocycles. The van der Waals surface area contributed by atoms with Gasteiger partial charge in [0.25, 0.3) is 0 Å². The third-order valence-corrected chi connectivity index (χ3v) is 8.02. The van der Waals surface area contributed by atoms with E-state index >= 15 is 0 Å². The predicted octanol–water partition coefficient (Wildman–Crippen LogP) is -0.0399. The van der Waals surface area contributed by atoms with Crippen LogP contribution in [0.5, 0.6) is 0 Å². The van der Waals surface area contributed by atoms with Crippen LogP contribution in [0.1, 0.15) is 36.9 Å². The molecule has 0 spiro atoms. The van der Waals surface area contributed by atoms with Gasteiger partial charge in [-0.2, -0.15) is 4.57 Å². The molecule has 0 aliphatic carbocycles. The second kappa shape index (κ2) is 10.4. The molecule has 0 aliphatic rings. The second-order valence-electron chi connectivity index (χ2n) is 5.54. The van der Waals surface area contributed by atoms with Crippen LogP contribution in [0, 0.1) is 13.8 Å². The summed E-state index contributed by atoms with van der Waals surface area (Å²) >= 11 is 1.79. The number of hydrogen-bond donors (Lipinski definition) is 0. The zero-order valence-electron chi connectivity index (χ0n) is 15.7. The molecule has 0 aliphatic heterocycles. The fourth-order valence-corrected chi connectivity index (χ4v) is 5.89. The van der Waals surface area contributed by atoms with Crippen LogP contribution in [-0.2, 0) is 19.8 Å². The van der Waals surface area contributed by atoms with E-state index in [1.54, 1.807) is 11.3 Å². The highest BCUT2D eigenvalue weighted by molar-refractivity contribution is 7.09. The molecule has 140 valence electrons. The Morgan fingerprint density at radius 3 is 1.84 bits per heavy atom. The lowest BCUT2D eigenvalue weighted by atomic mass is 10.2. The van der Waals surface area contributed by atoms with Gasteiger partial charge >= 0.3 is 8.80 Å². The number of rotatable bonds is 9. The Hall–Kier alpha value is -0.763. The monoisotopic (exact) mass is 401 g/mol. The molecule has 0 atom stereocenters. The molecule has 4 nitrogen and oxygen atoms in total. The summed E-state index contributed by atoms with van der Waals surface area (Å²) in [6.45, 7) is 12.9. The highest BCUT2D eigenvalue weighted by atomic mass is 35.5. The molecule has 0 N–H and O–H groups in total. The summed E-state index contributed by atoms with van der Waals surface area (Å²) < 4.78 is 20.2. The Morgan fingerprint density at radius 1 is 0.920 bits per heavy atom. The number of aryl methyl sites for hydroxylation is 1. The van der Waals surface area contributed by atoms with E-state index in [1.165, 1.54) is 16.1 Å². The van der Waals surface area contributed by atoms with Crippen LogP contribution in [0.2, 0.25) is 0 Å². The molecule has 1 aromatic heterocycles. The normalized spacial score (nSPS) is 11.4. The van der Waals surface area contributed by atoms with Gasteiger partial charge in [-0.3, -0.25) is 0 Å². The van der Waals surface area contributed by atoms with Crippen LogP contribution in [0.25, 0.3) is 0 Å². The highest BCUT2D eigenvalue weighted by Crippen LogP contribution is 2.13. The van der Waals surface area contributed by atoms with Crippen LogP contribution < -0.4 is 22.2 Å². The summed E-state index contributed by atoms with van der Waals surface area (Å²) in [6, 6.07) is 8.48. The van der Waals surface area contributed by atoms with E-state index in [9.17, 15) is 0 Å². The average molecular weight is 402 g/mol. The first-order valence-corrected chi connectivity index (χ1v) is 11.1. The number of thiazole rings is 1. The van der Waals surface area contributed by atoms with E-state index in [0.717, 1.165) is 11.7 Å². The number of nitrogens with zero attached hydrogens (tertiary/aromatic N) is 1. The predicted molar refractivity (Wildman–Crippen MR) is 99.8 cm³/mol. The fraction of sp³-hybridized carbons (Fsp3) is 0.500. The van der Waals surface area contributed by atoms with Crippen LogP contribution in [0.3, 0.4) is 0 Å². The van der Waals surface area contributed by atoms with Gasteiger partial charge in [0.2, 0.25) is 5.51 Å². The maximum atomic E-state index is 5.97. The lowest BCUT2D eigenvalue weighted by molar-refractivity contribution is -0.689. The fourth-order valence-electron chi connectivity index (χ4n) is 2.62. The summed E-state index contributed by atoms with van der Waals surface area (Å²) in [7, 11) is -2.80. The van der Waals surface area contributed by atoms with Crippen LogP contribution in [0.4, 0.5) is 0 Å². The average Bonchev–Trinajstić information content (AvgIpc) is 2.88. The summed E-state index contributed by atoms with van der Waals surface area (Å²) in [6.07, 6.45) is 0. The van der Waals surface area contributed by atoms with Gasteiger partial charge in [0, 0.05) is 37.5 Å². The minimum Gasteiger partial charge on any atom is -1.00 e. The summed E-state index contributed by atoms with van der Waals surface area (Å²) in [5.41, 5.74) is 4.76. The molecule has 0 saturated carbocycles. The summed E-state index contributed by atoms with van der Waals surface area (Å²) in [5.74, 6) is 0. The minimum absolute atomic E-state index is 0. The number of halogens is 1. The van der Waals surface area contributed by atoms with Crippen molar-refractivity contribution >= 4 is 25.3 Å². The molecule has 0 fully saturated rings. The molecule has 1 aromatic carbocycles. The molecule has 0 bridgehead atoms. The molecule has 2 aromatic rings. The van der Waals surface area contributed by atoms with E-state index in [4.69, 9.17) is 13.3 Å². The van der Waals surface area contributed by atoms with Crippen molar-refractivity contribution in [1.82, 2.24) is 0 Å². The largest absolute Gasteiger partial charge is 1.00 e. The topological polar surface area (TPSA) is 31.6 Å². The Kier molecular flexibility index (Phi) is 9.27. The lowest BCUT2D eigenvalue weighted by Gasteiger charge is -2.28. The molecule has 2 rings (SSSR count). The molecule has 1 heterocycles. The molecular formula is C18H28ClNO3SSi. The zero-order valence-corrected chi connectivity index (χ0v) is 18.2. The van der Waals surface area contributed by atoms with Gasteiger partial charge in [-0.05, 0) is 27.7 Å². The maximum Gasteiger partial charge on any atom is 0.537 e. The standard InChI is InChI=1S/C18H28NO3SSi.ClH/c1-6-20-24(21-7-2,22-8-3)18-11-9-17(10-12-18)13-19-14-23-16(5)15(19)4;/h9-12,14H,6-8,13H2,1-5H3;1H/q+1;/p-1. The van der Waals surface area contributed by atoms with Gasteiger partial charge in [0.1, 0.15) is 0 Å². The van der Waals surface area contributed by atoms with Crippen molar-refractivity contribution in [3.05, 3.63) is 45.9 Å². The first kappa shape index (κ1) is 22.3. The Balaban J connectivity index is 0.00000312. The van der Waals surface area contributed by atoms with E-state index < -0.39 is 8.80 Å². The quantitative estimate of drug-likeness (QED) is 0.436. The summed E-state index contributed by atoms with van der Waals surface area (Å²) in [5, 5.41) is 1.03. The van der Waals surface area contributed by atoms with Gasteiger partial charge in [-0.15, -0.1) is 0 Å². The van der Waals surface area contributed by atoms with Crippen LogP contribution >= 0.6 is 11.3 Å². The van der Waals surface area contributed by atoms with Gasteiger partial charge in [-0.1, -0.05) is 35.6 Å². The minimum atomic E-state index is -2.80. The highest BCUT2D eigenvalue weighted by Gasteiger charge is 2.43. The van der Waals surface area contributed by atoms with Crippen molar-refractivity contribution in [3.8, 4) is 0 Å². The Bertz CT molecular complexity index is 631. The van der Waals surface area contributed by atoms with Crippen molar-refractivity contribution in [3.63, 3.8) is 0 Å². The van der Waals surface area contributed by atoms with E-state index in [2.05, 4.69) is 48.2 Å². The molecule has 0 radical (unpaired) electrons. The molecule has 0 unspecified atom stereocenters. The first-order chi connectivity index (χ1) is 11.6. The Labute approximate surface area is 162 Å². The lowest BCUT2D eigenvalue weighted by Crippen LogP contribution is -3.00. The van der Waals surface area contributed by atoms with Crippen molar-refractivity contribution < 1.29 is 30.3 Å². The molecule has 25 heavy (non-hydrogen) atoms. The van der Waals surface area contributed by atoms with Gasteiger partial charge < -0.3 is 25.7 Å². The molecule has 7 heteroatoms. The van der Waals surface area contributed by atoms with Crippen LogP contribution in [0.15, 0.2) is 29.8 Å². The number of benzene rings is 1. The van der Waals surface area contributed by atoms with E-state index in [0.29, 0.717) is 19.8 Å². The first-order valence-electron chi connectivity index (χ1n) is 8.51. The SMILES string of the molecule is CCO[Si](OCC)(OCC)c1ccc(C[n+]2csc(C)c2C)cc1.[Cl-]. The van der Waals surface area contributed by atoms with Crippen molar-refractivity contribution in [2.45, 2.75) is 41.2 Å². The second-order valence-corrected chi connectivity index (χ2v) is 9.16. The van der Waals surface area contributed by atoms with E-state index in [-0.39, 0.29) is 12.4 Å². The molecule has 0 amide bonds. The van der Waals surface area contributed by atoms with Gasteiger partial charge in [0.05, 0.1) is 4.88 Å². The van der Waals surface area contributed by atoms with Crippen molar-refractivity contribution in [2.24, 2.45) is 0 Å². The van der Waals surface area contributed by atoms with Crippen molar-refractivity contribution in [1.29, 1.82) is 0 Å². The third kappa shape index (κ3) is 5.36. The maximum absolute atomic E-state index is 5.97. The number of hydrogen-bond acceptors (Lipinski definition) is 4. The molecular weight excluding hydrogens is 374 g/mol. The van der Waals surface area contributed by atoms with Gasteiger partial charge in [-0.25, -0.2) is 0 Å². The number of aromatic nitrogens is 1. The smallest absolute Gasteiger partial charge is 0.537 e. The summed E-state index contributed by atoms with van der Waals surface area (Å²) in [4.78, 5) is 1.36. The third-order valence-electron chi connectivity index (χ3n) is 3.96. The van der Waals surface area contributed by atoms with Crippen LogP contribution in [-0.4, -0.2) is 28.6 Å². The Morgan fingerprint density at radius 2 is 1.44 bits per heavy atom.